The summed E-state index contributed by atoms with van der Waals surface area (Å²) in [4.78, 5) is 23.9. The Morgan fingerprint density at radius 2 is 1.62 bits per heavy atom. The molecule has 4 aliphatic carbocycles. The highest BCUT2D eigenvalue weighted by molar-refractivity contribution is 5.67. The fourth-order valence-corrected chi connectivity index (χ4v) is 8.76. The first-order valence-electron chi connectivity index (χ1n) is 14.7. The zero-order valence-electron chi connectivity index (χ0n) is 24.4. The molecule has 208 valence electrons. The molecule has 0 radical (unpaired) electrons. The first-order valence-corrected chi connectivity index (χ1v) is 14.7. The third-order valence-electron chi connectivity index (χ3n) is 11.3. The smallest absolute Gasteiger partial charge is 0.303 e. The Morgan fingerprint density at radius 1 is 0.946 bits per heavy atom. The van der Waals surface area contributed by atoms with Crippen molar-refractivity contribution in [3.8, 4) is 0 Å². The molecule has 1 N–H and O–H groups in total. The van der Waals surface area contributed by atoms with Gasteiger partial charge >= 0.3 is 11.9 Å². The molecular formula is C32H50O5. The molecule has 0 spiro atoms. The number of hydrogen-bond acceptors (Lipinski definition) is 5. The summed E-state index contributed by atoms with van der Waals surface area (Å²) in [6.07, 6.45) is 12.3. The van der Waals surface area contributed by atoms with Crippen LogP contribution in [0.3, 0.4) is 0 Å². The molecule has 0 aromatic carbocycles. The second-order valence-corrected chi connectivity index (χ2v) is 13.7. The van der Waals surface area contributed by atoms with Gasteiger partial charge in [0.15, 0.2) is 0 Å². The van der Waals surface area contributed by atoms with E-state index in [0.29, 0.717) is 36.0 Å². The van der Waals surface area contributed by atoms with Gasteiger partial charge < -0.3 is 14.6 Å². The first-order chi connectivity index (χ1) is 17.2. The number of hydrogen-bond donors (Lipinski definition) is 1. The van der Waals surface area contributed by atoms with Crippen LogP contribution in [0.5, 0.6) is 0 Å². The van der Waals surface area contributed by atoms with E-state index in [4.69, 9.17) is 9.47 Å². The van der Waals surface area contributed by atoms with E-state index < -0.39 is 17.1 Å². The molecule has 4 rings (SSSR count). The molecule has 0 saturated heterocycles. The molecule has 37 heavy (non-hydrogen) atoms. The van der Waals surface area contributed by atoms with Crippen LogP contribution in [0.2, 0.25) is 0 Å². The highest BCUT2D eigenvalue weighted by atomic mass is 16.6. The van der Waals surface area contributed by atoms with Crippen molar-refractivity contribution in [3.63, 3.8) is 0 Å². The predicted molar refractivity (Wildman–Crippen MR) is 145 cm³/mol. The van der Waals surface area contributed by atoms with Gasteiger partial charge in [-0.25, -0.2) is 0 Å². The molecule has 5 nitrogen and oxygen atoms in total. The molecule has 5 heteroatoms. The van der Waals surface area contributed by atoms with E-state index in [0.717, 1.165) is 32.1 Å². The van der Waals surface area contributed by atoms with Crippen LogP contribution in [-0.4, -0.2) is 34.9 Å². The molecule has 10 atom stereocenters. The van der Waals surface area contributed by atoms with Gasteiger partial charge in [0.2, 0.25) is 0 Å². The minimum atomic E-state index is -1.25. The van der Waals surface area contributed by atoms with E-state index in [1.165, 1.54) is 25.8 Å². The van der Waals surface area contributed by atoms with E-state index in [2.05, 4.69) is 59.8 Å². The number of esters is 2. The number of carbonyl (C=O) groups excluding carboxylic acids is 2. The molecule has 0 aliphatic heterocycles. The van der Waals surface area contributed by atoms with Crippen LogP contribution >= 0.6 is 0 Å². The minimum absolute atomic E-state index is 0.203. The molecule has 0 aromatic rings. The summed E-state index contributed by atoms with van der Waals surface area (Å²) in [5.74, 6) is 2.35. The molecule has 4 aliphatic rings. The number of ether oxygens (including phenoxy) is 2. The zero-order valence-corrected chi connectivity index (χ0v) is 24.4. The molecule has 3 fully saturated rings. The third-order valence-corrected chi connectivity index (χ3v) is 11.3. The zero-order chi connectivity index (χ0) is 27.3. The van der Waals surface area contributed by atoms with Crippen molar-refractivity contribution in [2.24, 2.45) is 46.3 Å². The summed E-state index contributed by atoms with van der Waals surface area (Å²) >= 11 is 0. The second kappa shape index (κ2) is 10.2. The van der Waals surface area contributed by atoms with E-state index in [9.17, 15) is 14.7 Å². The van der Waals surface area contributed by atoms with Gasteiger partial charge in [0.25, 0.3) is 0 Å². The average molecular weight is 515 g/mol. The normalized spacial score (nSPS) is 42.9. The second-order valence-electron chi connectivity index (χ2n) is 13.7. The van der Waals surface area contributed by atoms with Crippen LogP contribution in [0.25, 0.3) is 0 Å². The molecule has 7 unspecified atom stereocenters. The molecule has 0 aromatic heterocycles. The van der Waals surface area contributed by atoms with Crippen LogP contribution < -0.4 is 0 Å². The highest BCUT2D eigenvalue weighted by Crippen LogP contribution is 2.68. The quantitative estimate of drug-likeness (QED) is 0.318. The van der Waals surface area contributed by atoms with Crippen LogP contribution in [0.1, 0.15) is 100 Å². The van der Waals surface area contributed by atoms with Crippen molar-refractivity contribution in [1.29, 1.82) is 0 Å². The number of carbonyl (C=O) groups is 2. The number of aliphatic hydroxyl groups is 1. The van der Waals surface area contributed by atoms with Gasteiger partial charge in [0.05, 0.1) is 0 Å². The number of allylic oxidation sites excluding steroid dienone is 3. The summed E-state index contributed by atoms with van der Waals surface area (Å²) in [5, 5.41) is 12.3. The predicted octanol–water partition coefficient (Wildman–Crippen LogP) is 6.64. The maximum Gasteiger partial charge on any atom is 0.303 e. The maximum atomic E-state index is 12.3. The van der Waals surface area contributed by atoms with Gasteiger partial charge in [0, 0.05) is 25.7 Å². The summed E-state index contributed by atoms with van der Waals surface area (Å²) in [6.45, 7) is 16.8. The van der Waals surface area contributed by atoms with Crippen molar-refractivity contribution >= 4 is 11.9 Å². The first kappa shape index (κ1) is 28.4. The van der Waals surface area contributed by atoms with Crippen LogP contribution in [0.15, 0.2) is 23.8 Å². The lowest BCUT2D eigenvalue weighted by molar-refractivity contribution is -0.225. The Kier molecular flexibility index (Phi) is 7.80. The van der Waals surface area contributed by atoms with Crippen LogP contribution in [-0.2, 0) is 19.1 Å². The van der Waals surface area contributed by atoms with Crippen molar-refractivity contribution in [2.45, 2.75) is 118 Å². The maximum absolute atomic E-state index is 12.3. The van der Waals surface area contributed by atoms with Crippen molar-refractivity contribution < 1.29 is 24.2 Å². The fraction of sp³-hybridized carbons (Fsp3) is 0.812. The molecule has 0 amide bonds. The summed E-state index contributed by atoms with van der Waals surface area (Å²) in [5.41, 5.74) is -0.0625. The number of rotatable bonds is 6. The molecule has 0 bridgehead atoms. The highest BCUT2D eigenvalue weighted by Gasteiger charge is 2.66. The summed E-state index contributed by atoms with van der Waals surface area (Å²) in [6, 6.07) is 0. The Morgan fingerprint density at radius 3 is 2.24 bits per heavy atom. The van der Waals surface area contributed by atoms with Crippen LogP contribution in [0, 0.1) is 46.3 Å². The topological polar surface area (TPSA) is 72.8 Å². The van der Waals surface area contributed by atoms with Gasteiger partial charge in [-0.2, -0.15) is 0 Å². The van der Waals surface area contributed by atoms with Gasteiger partial charge in [-0.15, -0.1) is 0 Å². The van der Waals surface area contributed by atoms with Gasteiger partial charge in [0.1, 0.15) is 17.8 Å². The standard InChI is InChI=1S/C32H50O5/c1-19(2)20(3)9-10-21(4)26-11-12-27-25-17-29(37-23(6)34)32(35)18-24(36-22(5)33)13-16-31(32,8)28(25)14-15-30(26,27)7/h9-10,17,19-21,24,26-29,35H,11-16,18H2,1-8H3/b10-9+/t20-,21+,24?,26?,27?,28?,29?,30?,31-,32?/m0/s1. The SMILES string of the molecule is CC(=O)OC1CC[C@@]2(C)C3CCC4(C)C(CCC4[C@H](C)/C=C/[C@H](C)C(C)C)C3=CC(OC(C)=O)C2(O)C1. The lowest BCUT2D eigenvalue weighted by atomic mass is 9.45. The van der Waals surface area contributed by atoms with Crippen molar-refractivity contribution in [2.75, 3.05) is 0 Å². The van der Waals surface area contributed by atoms with Crippen LogP contribution in [0.4, 0.5) is 0 Å². The van der Waals surface area contributed by atoms with E-state index >= 15 is 0 Å². The van der Waals surface area contributed by atoms with E-state index in [1.54, 1.807) is 0 Å². The minimum Gasteiger partial charge on any atom is -0.462 e. The van der Waals surface area contributed by atoms with Gasteiger partial charge in [-0.1, -0.05) is 59.3 Å². The number of fused-ring (bicyclic) bond motifs is 5. The Hall–Kier alpha value is -1.62. The Balaban J connectivity index is 1.67. The monoisotopic (exact) mass is 514 g/mol. The van der Waals surface area contributed by atoms with Gasteiger partial charge in [-0.05, 0) is 85.5 Å². The Bertz CT molecular complexity index is 951. The fourth-order valence-electron chi connectivity index (χ4n) is 8.76. The molecule has 3 saturated carbocycles. The lowest BCUT2D eigenvalue weighted by Gasteiger charge is -2.62. The summed E-state index contributed by atoms with van der Waals surface area (Å²) in [7, 11) is 0. The molecule has 0 heterocycles. The van der Waals surface area contributed by atoms with Crippen molar-refractivity contribution in [3.05, 3.63) is 23.8 Å². The Labute approximate surface area is 224 Å². The molecular weight excluding hydrogens is 464 g/mol. The summed E-state index contributed by atoms with van der Waals surface area (Å²) < 4.78 is 11.4. The largest absolute Gasteiger partial charge is 0.462 e. The van der Waals surface area contributed by atoms with Gasteiger partial charge in [-0.3, -0.25) is 9.59 Å². The lowest BCUT2D eigenvalue weighted by Crippen LogP contribution is -2.66. The van der Waals surface area contributed by atoms with E-state index in [-0.39, 0.29) is 29.4 Å². The van der Waals surface area contributed by atoms with Crippen molar-refractivity contribution in [1.82, 2.24) is 0 Å². The third kappa shape index (κ3) is 4.83. The van der Waals surface area contributed by atoms with E-state index in [1.807, 2.05) is 0 Å². The average Bonchev–Trinajstić information content (AvgIpc) is 3.15.